The minimum Gasteiger partial charge on any atom is -0.480 e. The molecule has 4 nitrogen and oxygen atoms in total. The molecular formula is C9H10BrNO3. The number of carbonyl (C=O) groups is 1. The smallest absolute Gasteiger partial charge is 0.320 e. The Hall–Kier alpha value is -0.810. The summed E-state index contributed by atoms with van der Waals surface area (Å²) in [5.74, 6) is 0.0855. The Morgan fingerprint density at radius 3 is 3.21 bits per heavy atom. The van der Waals surface area contributed by atoms with E-state index in [0.29, 0.717) is 24.1 Å². The van der Waals surface area contributed by atoms with Crippen molar-refractivity contribution >= 4 is 21.9 Å². The van der Waals surface area contributed by atoms with E-state index >= 15 is 0 Å². The molecule has 0 spiro atoms. The van der Waals surface area contributed by atoms with Crippen molar-refractivity contribution in [3.63, 3.8) is 0 Å². The van der Waals surface area contributed by atoms with E-state index in [-0.39, 0.29) is 0 Å². The number of hydrogen-bond acceptors (Lipinski definition) is 3. The number of fused-ring (bicyclic) bond motifs is 1. The van der Waals surface area contributed by atoms with Crippen LogP contribution in [0.2, 0.25) is 0 Å². The fourth-order valence-corrected chi connectivity index (χ4v) is 2.08. The normalized spacial score (nSPS) is 21.4. The first kappa shape index (κ1) is 9.73. The fourth-order valence-electron chi connectivity index (χ4n) is 1.61. The summed E-state index contributed by atoms with van der Waals surface area (Å²) in [6, 6.07) is 1.42. The van der Waals surface area contributed by atoms with Gasteiger partial charge < -0.3 is 14.8 Å². The number of aliphatic carboxylic acids is 1. The molecule has 76 valence electrons. The molecule has 1 atom stereocenters. The number of rotatable bonds is 1. The van der Waals surface area contributed by atoms with E-state index in [1.165, 1.54) is 0 Å². The van der Waals surface area contributed by atoms with Gasteiger partial charge in [0.25, 0.3) is 0 Å². The molecule has 0 aromatic carbocycles. The Morgan fingerprint density at radius 2 is 2.50 bits per heavy atom. The van der Waals surface area contributed by atoms with Gasteiger partial charge in [-0.3, -0.25) is 4.79 Å². The van der Waals surface area contributed by atoms with Crippen molar-refractivity contribution in [2.24, 2.45) is 0 Å². The Kier molecular flexibility index (Phi) is 2.60. The molecule has 0 amide bonds. The summed E-state index contributed by atoms with van der Waals surface area (Å²) in [5.41, 5.74) is 1.04. The zero-order chi connectivity index (χ0) is 10.1. The average molecular weight is 260 g/mol. The maximum absolute atomic E-state index is 10.7. The number of carboxylic acid groups (broad SMARTS) is 1. The Bertz CT molecular complexity index is 335. The second kappa shape index (κ2) is 3.74. The lowest BCUT2D eigenvalue weighted by atomic mass is 10.1. The summed E-state index contributed by atoms with van der Waals surface area (Å²) in [6.45, 7) is 0.557. The lowest BCUT2D eigenvalue weighted by Gasteiger charge is -2.08. The highest BCUT2D eigenvalue weighted by Crippen LogP contribution is 2.24. The van der Waals surface area contributed by atoms with Crippen LogP contribution in [0.15, 0.2) is 15.2 Å². The van der Waals surface area contributed by atoms with Crippen molar-refractivity contribution in [1.82, 2.24) is 5.32 Å². The molecule has 0 radical (unpaired) electrons. The van der Waals surface area contributed by atoms with E-state index in [9.17, 15) is 4.79 Å². The molecule has 2 N–H and O–H groups in total. The van der Waals surface area contributed by atoms with Gasteiger partial charge in [0.05, 0.1) is 0 Å². The first-order valence-electron chi connectivity index (χ1n) is 4.40. The first-order valence-corrected chi connectivity index (χ1v) is 5.19. The predicted octanol–water partition coefficient (Wildman–Crippen LogP) is 1.53. The van der Waals surface area contributed by atoms with Crippen LogP contribution in [0.25, 0.3) is 0 Å². The van der Waals surface area contributed by atoms with Gasteiger partial charge in [0, 0.05) is 18.5 Å². The minimum atomic E-state index is -0.797. The number of aryl methyl sites for hydroxylation is 1. The van der Waals surface area contributed by atoms with Gasteiger partial charge in [-0.1, -0.05) is 0 Å². The number of nitrogens with one attached hydrogen (secondary N) is 1. The van der Waals surface area contributed by atoms with Crippen molar-refractivity contribution in [3.8, 4) is 0 Å². The van der Waals surface area contributed by atoms with Crippen LogP contribution < -0.4 is 5.32 Å². The van der Waals surface area contributed by atoms with Gasteiger partial charge in [0.2, 0.25) is 0 Å². The Morgan fingerprint density at radius 1 is 1.71 bits per heavy atom. The highest BCUT2D eigenvalue weighted by Gasteiger charge is 2.23. The number of hydrogen-bond donors (Lipinski definition) is 2. The molecule has 1 unspecified atom stereocenters. The number of halogens is 1. The summed E-state index contributed by atoms with van der Waals surface area (Å²) in [4.78, 5) is 10.7. The average Bonchev–Trinajstić information content (AvgIpc) is 2.34. The molecule has 1 aromatic heterocycles. The molecule has 0 aliphatic carbocycles. The van der Waals surface area contributed by atoms with E-state index in [4.69, 9.17) is 9.52 Å². The van der Waals surface area contributed by atoms with Gasteiger partial charge in [-0.25, -0.2) is 0 Å². The molecule has 1 aromatic rings. The van der Waals surface area contributed by atoms with Gasteiger partial charge in [-0.15, -0.1) is 0 Å². The number of furan rings is 1. The summed E-state index contributed by atoms with van der Waals surface area (Å²) in [5, 5.41) is 11.8. The first-order chi connectivity index (χ1) is 6.66. The number of carboxylic acids is 1. The molecule has 0 bridgehead atoms. The zero-order valence-electron chi connectivity index (χ0n) is 7.42. The Labute approximate surface area is 89.4 Å². The van der Waals surface area contributed by atoms with Crippen LogP contribution in [-0.4, -0.2) is 17.1 Å². The Balaban J connectivity index is 2.15. The second-order valence-electron chi connectivity index (χ2n) is 3.31. The molecule has 0 saturated carbocycles. The summed E-state index contributed by atoms with van der Waals surface area (Å²) < 4.78 is 6.10. The van der Waals surface area contributed by atoms with Crippen LogP contribution in [0.1, 0.15) is 17.7 Å². The van der Waals surface area contributed by atoms with E-state index in [1.807, 2.05) is 6.07 Å². The summed E-state index contributed by atoms with van der Waals surface area (Å²) in [7, 11) is 0. The largest absolute Gasteiger partial charge is 0.480 e. The van der Waals surface area contributed by atoms with Crippen molar-refractivity contribution in [1.29, 1.82) is 0 Å². The molecule has 2 heterocycles. The van der Waals surface area contributed by atoms with Gasteiger partial charge >= 0.3 is 5.97 Å². The van der Waals surface area contributed by atoms with Crippen LogP contribution in [0.5, 0.6) is 0 Å². The quantitative estimate of drug-likeness (QED) is 0.803. The highest BCUT2D eigenvalue weighted by atomic mass is 79.9. The molecule has 1 aliphatic rings. The maximum Gasteiger partial charge on any atom is 0.320 e. The third-order valence-corrected chi connectivity index (χ3v) is 2.75. The fraction of sp³-hybridized carbons (Fsp3) is 0.444. The van der Waals surface area contributed by atoms with E-state index in [0.717, 1.165) is 11.3 Å². The standard InChI is InChI=1S/C9H10BrNO3/c10-8-3-5-4-11-6(9(12)13)1-2-7(5)14-8/h3,6,11H,1-2,4H2,(H,12,13). The van der Waals surface area contributed by atoms with E-state index in [2.05, 4.69) is 21.2 Å². The third kappa shape index (κ3) is 1.83. The van der Waals surface area contributed by atoms with Crippen LogP contribution in [0.4, 0.5) is 0 Å². The molecule has 14 heavy (non-hydrogen) atoms. The highest BCUT2D eigenvalue weighted by molar-refractivity contribution is 9.10. The van der Waals surface area contributed by atoms with Crippen molar-refractivity contribution < 1.29 is 14.3 Å². The van der Waals surface area contributed by atoms with Gasteiger partial charge in [0.15, 0.2) is 4.67 Å². The lowest BCUT2D eigenvalue weighted by molar-refractivity contribution is -0.139. The molecule has 0 fully saturated rings. The molecule has 5 heteroatoms. The lowest BCUT2D eigenvalue weighted by Crippen LogP contribution is -2.35. The second-order valence-corrected chi connectivity index (χ2v) is 4.09. The van der Waals surface area contributed by atoms with Gasteiger partial charge in [-0.05, 0) is 28.4 Å². The van der Waals surface area contributed by atoms with E-state index in [1.54, 1.807) is 0 Å². The zero-order valence-corrected chi connectivity index (χ0v) is 9.00. The maximum atomic E-state index is 10.7. The van der Waals surface area contributed by atoms with Crippen molar-refractivity contribution in [3.05, 3.63) is 22.1 Å². The van der Waals surface area contributed by atoms with Crippen molar-refractivity contribution in [2.75, 3.05) is 0 Å². The molecule has 2 rings (SSSR count). The topological polar surface area (TPSA) is 62.5 Å². The SMILES string of the molecule is O=C(O)C1CCc2oc(Br)cc2CN1. The van der Waals surface area contributed by atoms with Crippen LogP contribution >= 0.6 is 15.9 Å². The third-order valence-electron chi connectivity index (χ3n) is 2.36. The predicted molar refractivity (Wildman–Crippen MR) is 53.0 cm³/mol. The van der Waals surface area contributed by atoms with Crippen LogP contribution in [-0.2, 0) is 17.8 Å². The van der Waals surface area contributed by atoms with Crippen LogP contribution in [0, 0.1) is 0 Å². The minimum absolute atomic E-state index is 0.462. The summed E-state index contributed by atoms with van der Waals surface area (Å²) >= 11 is 3.25. The summed E-state index contributed by atoms with van der Waals surface area (Å²) in [6.07, 6.45) is 1.24. The molecule has 1 aliphatic heterocycles. The van der Waals surface area contributed by atoms with Crippen LogP contribution in [0.3, 0.4) is 0 Å². The van der Waals surface area contributed by atoms with Gasteiger partial charge in [-0.2, -0.15) is 0 Å². The van der Waals surface area contributed by atoms with Gasteiger partial charge in [0.1, 0.15) is 11.8 Å². The molecule has 0 saturated heterocycles. The monoisotopic (exact) mass is 259 g/mol. The van der Waals surface area contributed by atoms with Crippen molar-refractivity contribution in [2.45, 2.75) is 25.4 Å². The molecular weight excluding hydrogens is 250 g/mol. The van der Waals surface area contributed by atoms with E-state index < -0.39 is 12.0 Å².